The van der Waals surface area contributed by atoms with Gasteiger partial charge in [0.05, 0.1) is 30.7 Å². The molecule has 3 aromatic rings. The number of ether oxygens (including phenoxy) is 1. The van der Waals surface area contributed by atoms with Crippen molar-refractivity contribution in [2.75, 3.05) is 54.6 Å². The maximum atomic E-state index is 14.5. The predicted molar refractivity (Wildman–Crippen MR) is 145 cm³/mol. The number of nitrogens with zero attached hydrogens (tertiary/aromatic N) is 6. The minimum absolute atomic E-state index is 0.122. The number of hydrogen-bond donors (Lipinski definition) is 3. The predicted octanol–water partition coefficient (Wildman–Crippen LogP) is 2.96. The molecule has 4 heterocycles. The number of likely N-dealkylation sites (tertiary alicyclic amines) is 1. The SMILES string of the molecule is OC1CCN(C2N=CN(c3ccc(Nc4nccc(-c5cc(F)cc(N6CCOCC6)c5)n4)cc3)N2)CC1. The number of benzene rings is 2. The van der Waals surface area contributed by atoms with Crippen molar-refractivity contribution in [2.45, 2.75) is 25.2 Å². The zero-order chi connectivity index (χ0) is 25.9. The second kappa shape index (κ2) is 11.0. The molecule has 3 N–H and O–H groups in total. The molecule has 3 aliphatic heterocycles. The first-order valence-corrected chi connectivity index (χ1v) is 13.0. The Morgan fingerprint density at radius 2 is 1.76 bits per heavy atom. The number of anilines is 4. The lowest BCUT2D eigenvalue weighted by molar-refractivity contribution is 0.0569. The molecule has 1 atom stereocenters. The molecular weight excluding hydrogens is 487 g/mol. The summed E-state index contributed by atoms with van der Waals surface area (Å²) in [7, 11) is 0. The molecule has 0 amide bonds. The molecule has 2 saturated heterocycles. The number of rotatable bonds is 6. The quantitative estimate of drug-likeness (QED) is 0.455. The number of aliphatic imine (C=N–C) groups is 1. The molecule has 0 saturated carbocycles. The van der Waals surface area contributed by atoms with Crippen LogP contribution in [0.3, 0.4) is 0 Å². The first-order chi connectivity index (χ1) is 18.6. The minimum Gasteiger partial charge on any atom is -0.393 e. The highest BCUT2D eigenvalue weighted by molar-refractivity contribution is 5.80. The molecule has 3 aliphatic rings. The minimum atomic E-state index is -0.299. The molecule has 0 radical (unpaired) electrons. The van der Waals surface area contributed by atoms with Gasteiger partial charge in [0.2, 0.25) is 5.95 Å². The van der Waals surface area contributed by atoms with Crippen molar-refractivity contribution < 1.29 is 14.2 Å². The van der Waals surface area contributed by atoms with Gasteiger partial charge >= 0.3 is 0 Å². The summed E-state index contributed by atoms with van der Waals surface area (Å²) >= 11 is 0. The van der Waals surface area contributed by atoms with E-state index in [2.05, 4.69) is 35.5 Å². The Kier molecular flexibility index (Phi) is 7.14. The Labute approximate surface area is 220 Å². The zero-order valence-corrected chi connectivity index (χ0v) is 21.0. The molecule has 6 rings (SSSR count). The topological polar surface area (TPSA) is 101 Å². The highest BCUT2D eigenvalue weighted by atomic mass is 19.1. The van der Waals surface area contributed by atoms with Crippen molar-refractivity contribution >= 4 is 29.3 Å². The number of hydrazine groups is 1. The number of aliphatic hydroxyl groups is 1. The van der Waals surface area contributed by atoms with Crippen molar-refractivity contribution in [3.63, 3.8) is 0 Å². The third kappa shape index (κ3) is 5.60. The van der Waals surface area contributed by atoms with Gasteiger partial charge in [0.1, 0.15) is 12.2 Å². The summed E-state index contributed by atoms with van der Waals surface area (Å²) in [5, 5.41) is 14.9. The summed E-state index contributed by atoms with van der Waals surface area (Å²) in [5.74, 6) is 0.132. The van der Waals surface area contributed by atoms with E-state index in [1.54, 1.807) is 24.7 Å². The van der Waals surface area contributed by atoms with Crippen molar-refractivity contribution in [1.82, 2.24) is 20.3 Å². The number of nitrogens with one attached hydrogen (secondary N) is 2. The zero-order valence-electron chi connectivity index (χ0n) is 21.0. The highest BCUT2D eigenvalue weighted by Crippen LogP contribution is 2.27. The normalized spacial score (nSPS) is 20.7. The van der Waals surface area contributed by atoms with Gasteiger partial charge in [0.25, 0.3) is 0 Å². The molecule has 1 unspecified atom stereocenters. The Morgan fingerprint density at radius 1 is 0.974 bits per heavy atom. The number of aromatic nitrogens is 2. The van der Waals surface area contributed by atoms with Crippen LogP contribution in [0.4, 0.5) is 27.4 Å². The molecule has 0 spiro atoms. The van der Waals surface area contributed by atoms with E-state index in [0.717, 1.165) is 56.1 Å². The number of aliphatic hydroxyl groups excluding tert-OH is 1. The lowest BCUT2D eigenvalue weighted by atomic mass is 10.1. The monoisotopic (exact) mass is 518 g/mol. The molecule has 2 fully saturated rings. The Balaban J connectivity index is 1.11. The van der Waals surface area contributed by atoms with Gasteiger partial charge in [-0.2, -0.15) is 5.43 Å². The summed E-state index contributed by atoms with van der Waals surface area (Å²) in [4.78, 5) is 17.9. The summed E-state index contributed by atoms with van der Waals surface area (Å²) in [6.07, 6.45) is 4.66. The van der Waals surface area contributed by atoms with E-state index in [1.165, 1.54) is 6.07 Å². The Morgan fingerprint density at radius 3 is 2.55 bits per heavy atom. The molecule has 1 aromatic heterocycles. The van der Waals surface area contributed by atoms with E-state index in [4.69, 9.17) is 4.74 Å². The number of halogens is 1. The average Bonchev–Trinajstić information content (AvgIpc) is 3.45. The fourth-order valence-electron chi connectivity index (χ4n) is 4.91. The fourth-order valence-corrected chi connectivity index (χ4v) is 4.91. The first-order valence-electron chi connectivity index (χ1n) is 13.0. The molecular formula is C27H31FN8O2. The summed E-state index contributed by atoms with van der Waals surface area (Å²) in [6.45, 7) is 4.37. The maximum Gasteiger partial charge on any atom is 0.227 e. The van der Waals surface area contributed by atoms with Crippen LogP contribution < -0.4 is 20.7 Å². The van der Waals surface area contributed by atoms with E-state index < -0.39 is 0 Å². The van der Waals surface area contributed by atoms with Crippen molar-refractivity contribution in [3.05, 3.63) is 60.5 Å². The largest absolute Gasteiger partial charge is 0.393 e. The van der Waals surface area contributed by atoms with E-state index in [9.17, 15) is 9.50 Å². The third-order valence-electron chi connectivity index (χ3n) is 7.03. The second-order valence-electron chi connectivity index (χ2n) is 9.64. The van der Waals surface area contributed by atoms with Crippen LogP contribution in [0.25, 0.3) is 11.3 Å². The Hall–Kier alpha value is -3.64. The third-order valence-corrected chi connectivity index (χ3v) is 7.03. The second-order valence-corrected chi connectivity index (χ2v) is 9.64. The molecule has 198 valence electrons. The van der Waals surface area contributed by atoms with E-state index in [-0.39, 0.29) is 18.2 Å². The maximum absolute atomic E-state index is 14.5. The molecule has 11 heteroatoms. The lowest BCUT2D eigenvalue weighted by Gasteiger charge is -2.33. The molecule has 0 bridgehead atoms. The summed E-state index contributed by atoms with van der Waals surface area (Å²) in [6, 6.07) is 14.6. The average molecular weight is 519 g/mol. The van der Waals surface area contributed by atoms with Crippen molar-refractivity contribution in [3.8, 4) is 11.3 Å². The number of piperidine rings is 1. The van der Waals surface area contributed by atoms with E-state index in [0.29, 0.717) is 30.4 Å². The van der Waals surface area contributed by atoms with Crippen LogP contribution in [0.1, 0.15) is 12.8 Å². The summed E-state index contributed by atoms with van der Waals surface area (Å²) < 4.78 is 19.9. The van der Waals surface area contributed by atoms with Crippen LogP contribution in [0, 0.1) is 5.82 Å². The molecule has 10 nitrogen and oxygen atoms in total. The van der Waals surface area contributed by atoms with Gasteiger partial charge in [-0.25, -0.2) is 19.4 Å². The van der Waals surface area contributed by atoms with Crippen LogP contribution in [0.2, 0.25) is 0 Å². The Bertz CT molecular complexity index is 1280. The van der Waals surface area contributed by atoms with Gasteiger partial charge in [0.15, 0.2) is 6.29 Å². The van der Waals surface area contributed by atoms with Crippen molar-refractivity contribution in [1.29, 1.82) is 0 Å². The van der Waals surface area contributed by atoms with Gasteiger partial charge in [0, 0.05) is 49.3 Å². The highest BCUT2D eigenvalue weighted by Gasteiger charge is 2.27. The molecule has 2 aromatic carbocycles. The number of hydrogen-bond acceptors (Lipinski definition) is 10. The summed E-state index contributed by atoms with van der Waals surface area (Å²) in [5.41, 5.74) is 7.33. The molecule has 38 heavy (non-hydrogen) atoms. The molecule has 0 aliphatic carbocycles. The van der Waals surface area contributed by atoms with Gasteiger partial charge in [-0.15, -0.1) is 0 Å². The lowest BCUT2D eigenvalue weighted by Crippen LogP contribution is -2.50. The van der Waals surface area contributed by atoms with Gasteiger partial charge in [-0.05, 0) is 61.4 Å². The van der Waals surface area contributed by atoms with Gasteiger partial charge in [-0.1, -0.05) is 0 Å². The van der Waals surface area contributed by atoms with E-state index >= 15 is 0 Å². The standard InChI is InChI=1S/C27H31FN8O2/c28-20-15-19(16-23(17-20)34-11-13-38-14-12-34)25-5-8-29-26(32-25)31-21-1-3-22(4-2-21)36-18-30-27(33-36)35-9-6-24(37)7-10-35/h1-5,8,15-18,24,27,33,37H,6-7,9-14H2,(H,29,31,32). The van der Waals surface area contributed by atoms with Gasteiger partial charge < -0.3 is 20.1 Å². The van der Waals surface area contributed by atoms with Crippen molar-refractivity contribution in [2.24, 2.45) is 4.99 Å². The van der Waals surface area contributed by atoms with Crippen LogP contribution in [0.15, 0.2) is 59.7 Å². The van der Waals surface area contributed by atoms with Crippen LogP contribution >= 0.6 is 0 Å². The van der Waals surface area contributed by atoms with Crippen LogP contribution in [-0.2, 0) is 4.74 Å². The first kappa shape index (κ1) is 24.7. The van der Waals surface area contributed by atoms with E-state index in [1.807, 2.05) is 35.3 Å². The van der Waals surface area contributed by atoms with Crippen LogP contribution in [0.5, 0.6) is 0 Å². The fraction of sp³-hybridized carbons (Fsp3) is 0.370. The van der Waals surface area contributed by atoms with Gasteiger partial charge in [-0.3, -0.25) is 9.91 Å². The number of morpholine rings is 1. The van der Waals surface area contributed by atoms with Crippen LogP contribution in [-0.4, -0.2) is 78.1 Å². The smallest absolute Gasteiger partial charge is 0.227 e.